The minimum atomic E-state index is -0.801. The number of unbranched alkanes of at least 4 members (excludes halogenated alkanes) is 18. The van der Waals surface area contributed by atoms with Crippen molar-refractivity contribution in [1.82, 2.24) is 0 Å². The maximum atomic E-state index is 12.3. The van der Waals surface area contributed by atoms with Crippen LogP contribution in [0.25, 0.3) is 0 Å². The first-order valence-electron chi connectivity index (χ1n) is 30.7. The molecule has 5 heteroatoms. The summed E-state index contributed by atoms with van der Waals surface area (Å²) in [5.41, 5.74) is 0. The molecule has 0 aliphatic rings. The number of carbonyl (C=O) groups is 2. The molecule has 0 heterocycles. The van der Waals surface area contributed by atoms with Crippen molar-refractivity contribution in [2.24, 2.45) is 0 Å². The topological polar surface area (TPSA) is 72.8 Å². The van der Waals surface area contributed by atoms with Crippen LogP contribution in [-0.2, 0) is 19.1 Å². The van der Waals surface area contributed by atoms with E-state index in [2.05, 4.69) is 184 Å². The minimum Gasteiger partial charge on any atom is -0.462 e. The lowest BCUT2D eigenvalue weighted by molar-refractivity contribution is -0.161. The third-order valence-electron chi connectivity index (χ3n) is 12.5. The Labute approximate surface area is 468 Å². The van der Waals surface area contributed by atoms with Gasteiger partial charge in [0.2, 0.25) is 0 Å². The number of hydrogen-bond donors (Lipinski definition) is 1. The molecule has 0 rings (SSSR count). The quantitative estimate of drug-likeness (QED) is 0.0373. The van der Waals surface area contributed by atoms with Gasteiger partial charge in [-0.15, -0.1) is 0 Å². The van der Waals surface area contributed by atoms with Gasteiger partial charge in [0.15, 0.2) is 6.10 Å². The first-order valence-corrected chi connectivity index (χ1v) is 30.7. The zero-order valence-electron chi connectivity index (χ0n) is 48.7. The van der Waals surface area contributed by atoms with Crippen LogP contribution in [0.3, 0.4) is 0 Å². The zero-order valence-corrected chi connectivity index (χ0v) is 48.7. The first kappa shape index (κ1) is 71.3. The first-order chi connectivity index (χ1) is 37.6. The Morgan fingerprint density at radius 2 is 0.566 bits per heavy atom. The highest BCUT2D eigenvalue weighted by atomic mass is 16.6. The molecular formula is C71H112O5. The van der Waals surface area contributed by atoms with Gasteiger partial charge in [-0.2, -0.15) is 0 Å². The predicted molar refractivity (Wildman–Crippen MR) is 333 cm³/mol. The van der Waals surface area contributed by atoms with E-state index >= 15 is 0 Å². The number of hydrogen-bond acceptors (Lipinski definition) is 5. The Hall–Kier alpha value is -4.74. The van der Waals surface area contributed by atoms with E-state index in [0.29, 0.717) is 12.8 Å². The second-order valence-electron chi connectivity index (χ2n) is 19.7. The number of allylic oxidation sites excluding steroid dienone is 28. The van der Waals surface area contributed by atoms with Crippen molar-refractivity contribution in [2.75, 3.05) is 13.2 Å². The van der Waals surface area contributed by atoms with Gasteiger partial charge in [0.25, 0.3) is 0 Å². The number of rotatable bonds is 54. The van der Waals surface area contributed by atoms with Gasteiger partial charge >= 0.3 is 11.9 Å². The molecule has 76 heavy (non-hydrogen) atoms. The summed E-state index contributed by atoms with van der Waals surface area (Å²) in [5, 5.41) is 9.66. The number of esters is 2. The summed E-state index contributed by atoms with van der Waals surface area (Å²) >= 11 is 0. The van der Waals surface area contributed by atoms with Gasteiger partial charge in [-0.1, -0.05) is 267 Å². The molecular weight excluding hydrogens is 933 g/mol. The SMILES string of the molecule is CC/C=C\C/C=C\C/C=C\C/C=C\C/C=C\C/C=C\C/C=C\C/C=C\C/C=C\C/C=C\C/C=C\C/C=C\CCCCCCC(=O)OC(CO)COC(=O)CCCCCCCCCCC/C=C\C/C=C\CCCCCCC. The third kappa shape index (κ3) is 61.8. The van der Waals surface area contributed by atoms with E-state index in [1.54, 1.807) is 0 Å². The molecule has 0 aliphatic carbocycles. The molecule has 1 unspecified atom stereocenters. The number of ether oxygens (including phenoxy) is 2. The predicted octanol–water partition coefficient (Wildman–Crippen LogP) is 21.3. The van der Waals surface area contributed by atoms with Crippen LogP contribution in [0.5, 0.6) is 0 Å². The van der Waals surface area contributed by atoms with E-state index in [-0.39, 0.29) is 25.2 Å². The van der Waals surface area contributed by atoms with E-state index < -0.39 is 6.10 Å². The second kappa shape index (κ2) is 64.5. The summed E-state index contributed by atoms with van der Waals surface area (Å²) < 4.78 is 10.7. The molecule has 0 aromatic heterocycles. The fourth-order valence-electron chi connectivity index (χ4n) is 7.92. The Morgan fingerprint density at radius 1 is 0.316 bits per heavy atom. The highest BCUT2D eigenvalue weighted by molar-refractivity contribution is 5.70. The maximum Gasteiger partial charge on any atom is 0.306 e. The Kier molecular flexibility index (Phi) is 60.5. The van der Waals surface area contributed by atoms with Gasteiger partial charge in [-0.25, -0.2) is 0 Å². The number of aliphatic hydroxyl groups excluding tert-OH is 1. The van der Waals surface area contributed by atoms with Crippen molar-refractivity contribution in [2.45, 2.75) is 251 Å². The smallest absolute Gasteiger partial charge is 0.306 e. The van der Waals surface area contributed by atoms with E-state index in [1.165, 1.54) is 83.5 Å². The van der Waals surface area contributed by atoms with Crippen LogP contribution in [0.15, 0.2) is 170 Å². The monoisotopic (exact) mass is 1040 g/mol. The van der Waals surface area contributed by atoms with Crippen LogP contribution in [0, 0.1) is 0 Å². The molecule has 0 saturated carbocycles. The van der Waals surface area contributed by atoms with Crippen LogP contribution in [0.1, 0.15) is 245 Å². The van der Waals surface area contributed by atoms with Crippen molar-refractivity contribution in [3.05, 3.63) is 170 Å². The number of aliphatic hydroxyl groups is 1. The molecule has 0 spiro atoms. The van der Waals surface area contributed by atoms with Crippen LogP contribution in [-0.4, -0.2) is 36.4 Å². The van der Waals surface area contributed by atoms with Crippen LogP contribution >= 0.6 is 0 Å². The highest BCUT2D eigenvalue weighted by Crippen LogP contribution is 2.13. The summed E-state index contributed by atoms with van der Waals surface area (Å²) in [6, 6.07) is 0. The van der Waals surface area contributed by atoms with Crippen LogP contribution in [0.2, 0.25) is 0 Å². The lowest BCUT2D eigenvalue weighted by atomic mass is 10.1. The average Bonchev–Trinajstić information content (AvgIpc) is 3.42. The summed E-state index contributed by atoms with van der Waals surface area (Å²) in [7, 11) is 0. The maximum absolute atomic E-state index is 12.3. The largest absolute Gasteiger partial charge is 0.462 e. The molecule has 1 N–H and O–H groups in total. The van der Waals surface area contributed by atoms with Crippen LogP contribution < -0.4 is 0 Å². The van der Waals surface area contributed by atoms with E-state index in [0.717, 1.165) is 135 Å². The normalized spacial score (nSPS) is 13.5. The van der Waals surface area contributed by atoms with Crippen molar-refractivity contribution in [3.63, 3.8) is 0 Å². The summed E-state index contributed by atoms with van der Waals surface area (Å²) in [6.45, 7) is 3.99. The molecule has 5 nitrogen and oxygen atoms in total. The molecule has 0 aliphatic heterocycles. The van der Waals surface area contributed by atoms with Gasteiger partial charge in [-0.3, -0.25) is 9.59 Å². The lowest BCUT2D eigenvalue weighted by Gasteiger charge is -2.15. The third-order valence-corrected chi connectivity index (χ3v) is 12.5. The molecule has 0 aromatic carbocycles. The summed E-state index contributed by atoms with van der Waals surface area (Å²) in [5.74, 6) is -0.634. The van der Waals surface area contributed by atoms with Crippen LogP contribution in [0.4, 0.5) is 0 Å². The van der Waals surface area contributed by atoms with Crippen molar-refractivity contribution >= 4 is 11.9 Å². The van der Waals surface area contributed by atoms with E-state index in [4.69, 9.17) is 9.47 Å². The highest BCUT2D eigenvalue weighted by Gasteiger charge is 2.16. The zero-order chi connectivity index (χ0) is 54.8. The molecule has 0 radical (unpaired) electrons. The van der Waals surface area contributed by atoms with Gasteiger partial charge in [0.1, 0.15) is 6.61 Å². The van der Waals surface area contributed by atoms with Crippen molar-refractivity contribution < 1.29 is 24.2 Å². The Balaban J connectivity index is 3.67. The molecule has 0 amide bonds. The fraction of sp³-hybridized carbons (Fsp3) is 0.577. The van der Waals surface area contributed by atoms with Gasteiger partial charge < -0.3 is 14.6 Å². The average molecular weight is 1050 g/mol. The number of carbonyl (C=O) groups excluding carboxylic acids is 2. The molecule has 1 atom stereocenters. The standard InChI is InChI=1S/C71H112O5/c1-3-5-7-9-11-13-15-17-19-21-23-25-26-27-28-29-30-31-32-33-34-35-36-37-38-39-40-41-42-43-44-46-48-50-52-54-56-58-60-62-64-66-71(74)76-69(67-72)68-75-70(73)65-63-61-59-57-55-53-51-49-47-45-24-22-20-18-16-14-12-10-8-6-4-2/h5,7,11,13,16-19,22-25,27-28,30-31,33-34,36-37,39-40,42-43,46,48,52,54,69,72H,3-4,6,8-10,12,14-15,20-21,26,29,32,35,38,41,44-45,47,49-51,53,55-68H2,1-2H3/b7-5-,13-11-,18-16-,19-17-,24-22-,25-23-,28-27-,31-30-,34-33-,37-36-,40-39-,43-42-,48-46-,54-52-. The minimum absolute atomic E-state index is 0.0885. The molecule has 0 bridgehead atoms. The van der Waals surface area contributed by atoms with E-state index in [9.17, 15) is 14.7 Å². The van der Waals surface area contributed by atoms with E-state index in [1.807, 2.05) is 0 Å². The Morgan fingerprint density at radius 3 is 0.855 bits per heavy atom. The fourth-order valence-corrected chi connectivity index (χ4v) is 7.92. The van der Waals surface area contributed by atoms with Gasteiger partial charge in [-0.05, 0) is 135 Å². The summed E-state index contributed by atoms with van der Waals surface area (Å²) in [4.78, 5) is 24.5. The van der Waals surface area contributed by atoms with Gasteiger partial charge in [0.05, 0.1) is 6.61 Å². The molecule has 0 fully saturated rings. The van der Waals surface area contributed by atoms with Crippen molar-refractivity contribution in [3.8, 4) is 0 Å². The molecule has 0 aromatic rings. The van der Waals surface area contributed by atoms with Gasteiger partial charge in [0, 0.05) is 12.8 Å². The Bertz CT molecular complexity index is 1700. The molecule has 426 valence electrons. The lowest BCUT2D eigenvalue weighted by Crippen LogP contribution is -2.28. The molecule has 0 saturated heterocycles. The summed E-state index contributed by atoms with van der Waals surface area (Å²) in [6.07, 6.45) is 100. The van der Waals surface area contributed by atoms with Crippen molar-refractivity contribution in [1.29, 1.82) is 0 Å². The second-order valence-corrected chi connectivity index (χ2v) is 19.7.